The fourth-order valence-electron chi connectivity index (χ4n) is 2.34. The predicted octanol–water partition coefficient (Wildman–Crippen LogP) is 4.16. The van der Waals surface area contributed by atoms with Gasteiger partial charge in [-0.15, -0.1) is 13.2 Å². The highest BCUT2D eigenvalue weighted by molar-refractivity contribution is 5.91. The summed E-state index contributed by atoms with van der Waals surface area (Å²) in [6.45, 7) is 18.4. The summed E-state index contributed by atoms with van der Waals surface area (Å²) in [5, 5.41) is 4.91. The summed E-state index contributed by atoms with van der Waals surface area (Å²) in [7, 11) is 0. The lowest BCUT2D eigenvalue weighted by atomic mass is 9.77. The molecule has 160 valence electrons. The molecule has 0 atom stereocenters. The molecule has 1 rings (SSSR count). The minimum absolute atomic E-state index is 0.204. The Morgan fingerprint density at radius 2 is 1.46 bits per heavy atom. The fourth-order valence-corrected chi connectivity index (χ4v) is 2.34. The van der Waals surface area contributed by atoms with Crippen molar-refractivity contribution in [1.29, 1.82) is 0 Å². The number of nitrogens with one attached hydrogen (secondary N) is 2. The fraction of sp³-hybridized carbons (Fsp3) is 0.571. The molecule has 0 aromatic heterocycles. The van der Waals surface area contributed by atoms with Gasteiger partial charge in [-0.05, 0) is 38.7 Å². The average molecular weight is 397 g/mol. The molecule has 0 saturated heterocycles. The maximum Gasteiger partial charge on any atom is 0.407 e. The smallest absolute Gasteiger partial charge is 0.407 e. The van der Waals surface area contributed by atoms with Crippen LogP contribution in [0.25, 0.3) is 0 Å². The molecule has 1 aliphatic carbocycles. The van der Waals surface area contributed by atoms with Crippen molar-refractivity contribution in [2.75, 3.05) is 26.3 Å². The number of ether oxygens (including phenoxy) is 2. The first-order valence-corrected chi connectivity index (χ1v) is 9.34. The monoisotopic (exact) mass is 396 g/mol. The molecule has 0 aliphatic heterocycles. The Labute approximate surface area is 169 Å². The molecule has 0 spiro atoms. The van der Waals surface area contributed by atoms with Gasteiger partial charge in [0.15, 0.2) is 5.78 Å². The van der Waals surface area contributed by atoms with E-state index in [0.29, 0.717) is 32.7 Å². The Morgan fingerprint density at radius 3 is 1.75 bits per heavy atom. The molecule has 7 heteroatoms. The van der Waals surface area contributed by atoms with Crippen LogP contribution in [-0.4, -0.2) is 44.3 Å². The van der Waals surface area contributed by atoms with Gasteiger partial charge >= 0.3 is 12.2 Å². The number of alkyl carbamates (subject to hydrolysis) is 2. The molecule has 0 aromatic carbocycles. The van der Waals surface area contributed by atoms with Crippen molar-refractivity contribution in [3.8, 4) is 0 Å². The highest BCUT2D eigenvalue weighted by Gasteiger charge is 2.25. The largest absolute Gasteiger partial charge is 0.450 e. The van der Waals surface area contributed by atoms with Gasteiger partial charge in [-0.25, -0.2) is 9.59 Å². The van der Waals surface area contributed by atoms with Crippen molar-refractivity contribution in [2.24, 2.45) is 5.41 Å². The van der Waals surface area contributed by atoms with Crippen molar-refractivity contribution in [1.82, 2.24) is 10.6 Å². The molecule has 0 bridgehead atoms. The standard InChI is InChI=1S/C9H14O.2C6H11NO2/c1-7-4-8(10)6-9(2,3)5-7;2*1-3-5-7-6(8)9-4-2/h4H,5-6H2,1-3H3;2*3H,1,4-5H2,2H3,(H,7,8). The molecule has 1 aliphatic rings. The van der Waals surface area contributed by atoms with E-state index in [4.69, 9.17) is 0 Å². The lowest BCUT2D eigenvalue weighted by Gasteiger charge is -2.27. The van der Waals surface area contributed by atoms with E-state index in [1.54, 1.807) is 32.1 Å². The van der Waals surface area contributed by atoms with Gasteiger partial charge in [-0.1, -0.05) is 31.6 Å². The number of hydrogen-bond acceptors (Lipinski definition) is 5. The van der Waals surface area contributed by atoms with Crippen LogP contribution in [0.5, 0.6) is 0 Å². The molecular formula is C21H36N2O5. The van der Waals surface area contributed by atoms with Crippen LogP contribution in [-0.2, 0) is 14.3 Å². The zero-order valence-corrected chi connectivity index (χ0v) is 17.9. The van der Waals surface area contributed by atoms with Crippen molar-refractivity contribution in [3.63, 3.8) is 0 Å². The molecular weight excluding hydrogens is 360 g/mol. The molecule has 0 fully saturated rings. The molecule has 7 nitrogen and oxygen atoms in total. The molecule has 0 saturated carbocycles. The van der Waals surface area contributed by atoms with Crippen molar-refractivity contribution in [3.05, 3.63) is 37.0 Å². The topological polar surface area (TPSA) is 93.7 Å². The van der Waals surface area contributed by atoms with Crippen LogP contribution in [0.1, 0.15) is 47.5 Å². The summed E-state index contributed by atoms with van der Waals surface area (Å²) >= 11 is 0. The van der Waals surface area contributed by atoms with Gasteiger partial charge in [0.25, 0.3) is 0 Å². The zero-order valence-electron chi connectivity index (χ0n) is 17.9. The second-order valence-electron chi connectivity index (χ2n) is 6.75. The van der Waals surface area contributed by atoms with Crippen LogP contribution in [0.2, 0.25) is 0 Å². The molecule has 2 N–H and O–H groups in total. The van der Waals surface area contributed by atoms with Gasteiger partial charge in [-0.2, -0.15) is 0 Å². The normalized spacial score (nSPS) is 13.9. The molecule has 0 heterocycles. The third kappa shape index (κ3) is 18.2. The van der Waals surface area contributed by atoms with Crippen LogP contribution in [0.4, 0.5) is 9.59 Å². The quantitative estimate of drug-likeness (QED) is 0.658. The molecule has 28 heavy (non-hydrogen) atoms. The second-order valence-corrected chi connectivity index (χ2v) is 6.75. The number of carbonyl (C=O) groups is 3. The van der Waals surface area contributed by atoms with Gasteiger partial charge in [-0.3, -0.25) is 4.79 Å². The highest BCUT2D eigenvalue weighted by Crippen LogP contribution is 2.32. The van der Waals surface area contributed by atoms with Crippen LogP contribution in [0, 0.1) is 5.41 Å². The number of rotatable bonds is 6. The molecule has 0 unspecified atom stereocenters. The third-order valence-electron chi connectivity index (χ3n) is 3.15. The van der Waals surface area contributed by atoms with E-state index in [0.717, 1.165) is 6.42 Å². The van der Waals surface area contributed by atoms with E-state index in [9.17, 15) is 14.4 Å². The maximum atomic E-state index is 11.0. The first-order chi connectivity index (χ1) is 13.1. The number of hydrogen-bond donors (Lipinski definition) is 2. The summed E-state index contributed by atoms with van der Waals surface area (Å²) in [4.78, 5) is 31.9. The summed E-state index contributed by atoms with van der Waals surface area (Å²) in [6.07, 6.45) is 5.96. The first-order valence-electron chi connectivity index (χ1n) is 9.34. The van der Waals surface area contributed by atoms with Crippen molar-refractivity contribution in [2.45, 2.75) is 47.5 Å². The van der Waals surface area contributed by atoms with Crippen LogP contribution in [0.3, 0.4) is 0 Å². The number of allylic oxidation sites excluding steroid dienone is 2. The van der Waals surface area contributed by atoms with Crippen LogP contribution >= 0.6 is 0 Å². The van der Waals surface area contributed by atoms with E-state index in [1.807, 2.05) is 6.92 Å². The maximum absolute atomic E-state index is 11.0. The second kappa shape index (κ2) is 16.6. The van der Waals surface area contributed by atoms with Crippen molar-refractivity contribution >= 4 is 18.0 Å². The summed E-state index contributed by atoms with van der Waals surface area (Å²) in [5.41, 5.74) is 1.43. The Morgan fingerprint density at radius 1 is 1.04 bits per heavy atom. The first kappa shape index (κ1) is 27.6. The van der Waals surface area contributed by atoms with Gasteiger partial charge in [0.05, 0.1) is 13.2 Å². The zero-order chi connectivity index (χ0) is 22.0. The summed E-state index contributed by atoms with van der Waals surface area (Å²) in [6, 6.07) is 0. The summed E-state index contributed by atoms with van der Waals surface area (Å²) in [5.74, 6) is 0.286. The average Bonchev–Trinajstić information content (AvgIpc) is 2.57. The molecule has 0 radical (unpaired) electrons. The molecule has 2 amide bonds. The minimum atomic E-state index is -0.391. The number of ketones is 1. The van der Waals surface area contributed by atoms with Crippen LogP contribution in [0.15, 0.2) is 37.0 Å². The Kier molecular flexibility index (Phi) is 16.4. The number of carbonyl (C=O) groups excluding carboxylic acids is 3. The van der Waals surface area contributed by atoms with Gasteiger partial charge in [0.1, 0.15) is 0 Å². The van der Waals surface area contributed by atoms with Gasteiger partial charge < -0.3 is 20.1 Å². The Bertz CT molecular complexity index is 513. The van der Waals surface area contributed by atoms with Gasteiger partial charge in [0.2, 0.25) is 0 Å². The minimum Gasteiger partial charge on any atom is -0.450 e. The lowest BCUT2D eigenvalue weighted by molar-refractivity contribution is -0.117. The summed E-state index contributed by atoms with van der Waals surface area (Å²) < 4.78 is 9.09. The van der Waals surface area contributed by atoms with Crippen LogP contribution < -0.4 is 10.6 Å². The van der Waals surface area contributed by atoms with Crippen molar-refractivity contribution < 1.29 is 23.9 Å². The van der Waals surface area contributed by atoms with E-state index < -0.39 is 12.2 Å². The highest BCUT2D eigenvalue weighted by atomic mass is 16.5. The SMILES string of the molecule is C=CCNC(=O)OCC.C=CCNC(=O)OCC.CC1=CC(=O)CC(C)(C)C1. The van der Waals surface area contributed by atoms with E-state index in [2.05, 4.69) is 47.1 Å². The van der Waals surface area contributed by atoms with E-state index in [-0.39, 0.29) is 11.2 Å². The van der Waals surface area contributed by atoms with Gasteiger partial charge in [0, 0.05) is 19.5 Å². The number of amides is 2. The lowest BCUT2D eigenvalue weighted by Crippen LogP contribution is -2.23. The molecule has 0 aromatic rings. The van der Waals surface area contributed by atoms with E-state index >= 15 is 0 Å². The predicted molar refractivity (Wildman–Crippen MR) is 112 cm³/mol. The Hall–Kier alpha value is -2.57. The van der Waals surface area contributed by atoms with E-state index in [1.165, 1.54) is 5.57 Å². The third-order valence-corrected chi connectivity index (χ3v) is 3.15. The Balaban J connectivity index is 0.